The van der Waals surface area contributed by atoms with E-state index in [0.717, 1.165) is 23.2 Å². The molecule has 21 heavy (non-hydrogen) atoms. The fraction of sp³-hybridized carbons (Fsp3) is 0.500. The van der Waals surface area contributed by atoms with Gasteiger partial charge < -0.3 is 15.3 Å². The van der Waals surface area contributed by atoms with Crippen LogP contribution < -0.4 is 5.32 Å². The number of carboxylic acids is 1. The first kappa shape index (κ1) is 17.0. The monoisotopic (exact) mass is 292 g/mol. The average Bonchev–Trinajstić information content (AvgIpc) is 2.41. The number of carbonyl (C=O) groups is 2. The molecule has 0 saturated heterocycles. The van der Waals surface area contributed by atoms with Crippen LogP contribution in [-0.2, 0) is 11.2 Å². The number of para-hydroxylation sites is 1. The number of aryl methyl sites for hydroxylation is 2. The Balaban J connectivity index is 3.08. The van der Waals surface area contributed by atoms with Crippen molar-refractivity contribution < 1.29 is 14.7 Å². The van der Waals surface area contributed by atoms with Crippen LogP contribution in [0.1, 0.15) is 38.8 Å². The van der Waals surface area contributed by atoms with Crippen LogP contribution in [0.4, 0.5) is 10.5 Å². The Bertz CT molecular complexity index is 538. The number of carbonyl (C=O) groups excluding carboxylic acids is 1. The lowest BCUT2D eigenvalue weighted by atomic mass is 10.0. The standard InChI is InChI=1S/C16H24N2O3/c1-6-12-10-8-9-11(3)13(12)17-15(21)18(7-2)16(4,5)14(19)20/h8-10H,6-7H2,1-5H3,(H,17,21)(H,19,20). The quantitative estimate of drug-likeness (QED) is 0.875. The molecule has 0 radical (unpaired) electrons. The molecule has 0 unspecified atom stereocenters. The van der Waals surface area contributed by atoms with Gasteiger partial charge in [0, 0.05) is 12.2 Å². The number of anilines is 1. The molecule has 0 aliphatic carbocycles. The van der Waals surface area contributed by atoms with E-state index >= 15 is 0 Å². The first-order chi connectivity index (χ1) is 9.75. The predicted molar refractivity (Wildman–Crippen MR) is 83.7 cm³/mol. The summed E-state index contributed by atoms with van der Waals surface area (Å²) in [5, 5.41) is 12.2. The molecule has 0 atom stereocenters. The van der Waals surface area contributed by atoms with Crippen LogP contribution in [0.15, 0.2) is 18.2 Å². The maximum absolute atomic E-state index is 12.5. The van der Waals surface area contributed by atoms with Crippen LogP contribution in [-0.4, -0.2) is 34.1 Å². The normalized spacial score (nSPS) is 11.1. The van der Waals surface area contributed by atoms with E-state index in [1.165, 1.54) is 18.7 Å². The summed E-state index contributed by atoms with van der Waals surface area (Å²) < 4.78 is 0. The van der Waals surface area contributed by atoms with Crippen LogP contribution in [0.25, 0.3) is 0 Å². The zero-order valence-electron chi connectivity index (χ0n) is 13.4. The lowest BCUT2D eigenvalue weighted by Gasteiger charge is -2.34. The topological polar surface area (TPSA) is 69.6 Å². The Labute approximate surface area is 126 Å². The highest BCUT2D eigenvalue weighted by Gasteiger charge is 2.37. The summed E-state index contributed by atoms with van der Waals surface area (Å²) in [6.07, 6.45) is 0.797. The highest BCUT2D eigenvalue weighted by Crippen LogP contribution is 2.23. The van der Waals surface area contributed by atoms with E-state index in [2.05, 4.69) is 5.32 Å². The van der Waals surface area contributed by atoms with E-state index in [0.29, 0.717) is 6.54 Å². The maximum atomic E-state index is 12.5. The van der Waals surface area contributed by atoms with Gasteiger partial charge in [-0.05, 0) is 45.2 Å². The average molecular weight is 292 g/mol. The highest BCUT2D eigenvalue weighted by molar-refractivity contribution is 5.94. The van der Waals surface area contributed by atoms with Crippen LogP contribution in [0.2, 0.25) is 0 Å². The van der Waals surface area contributed by atoms with Crippen molar-refractivity contribution in [3.63, 3.8) is 0 Å². The number of urea groups is 1. The van der Waals surface area contributed by atoms with Crippen molar-refractivity contribution in [3.05, 3.63) is 29.3 Å². The molecule has 0 spiro atoms. The van der Waals surface area contributed by atoms with Crippen molar-refractivity contribution in [2.24, 2.45) is 0 Å². The van der Waals surface area contributed by atoms with Gasteiger partial charge in [-0.1, -0.05) is 25.1 Å². The first-order valence-electron chi connectivity index (χ1n) is 7.16. The second kappa shape index (κ2) is 6.61. The number of amides is 2. The predicted octanol–water partition coefficient (Wildman–Crippen LogP) is 3.27. The van der Waals surface area contributed by atoms with Gasteiger partial charge in [0.15, 0.2) is 0 Å². The van der Waals surface area contributed by atoms with Gasteiger partial charge in [0.1, 0.15) is 5.54 Å². The highest BCUT2D eigenvalue weighted by atomic mass is 16.4. The Kier molecular flexibility index (Phi) is 5.35. The van der Waals surface area contributed by atoms with Gasteiger partial charge in [-0.15, -0.1) is 0 Å². The lowest BCUT2D eigenvalue weighted by molar-refractivity contribution is -0.147. The molecule has 0 bridgehead atoms. The molecule has 5 heteroatoms. The number of hydrogen-bond acceptors (Lipinski definition) is 2. The SMILES string of the molecule is CCc1cccc(C)c1NC(=O)N(CC)C(C)(C)C(=O)O. The molecular weight excluding hydrogens is 268 g/mol. The third kappa shape index (κ3) is 3.54. The third-order valence-corrected chi connectivity index (χ3v) is 3.73. The smallest absolute Gasteiger partial charge is 0.329 e. The largest absolute Gasteiger partial charge is 0.480 e. The lowest BCUT2D eigenvalue weighted by Crippen LogP contribution is -2.54. The van der Waals surface area contributed by atoms with Crippen molar-refractivity contribution in [2.45, 2.75) is 46.6 Å². The molecule has 2 N–H and O–H groups in total. The number of likely N-dealkylation sites (N-methyl/N-ethyl adjacent to an activating group) is 1. The summed E-state index contributed by atoms with van der Waals surface area (Å²) in [5.41, 5.74) is 1.51. The van der Waals surface area contributed by atoms with Gasteiger partial charge in [0.25, 0.3) is 0 Å². The Hall–Kier alpha value is -2.04. The van der Waals surface area contributed by atoms with E-state index in [4.69, 9.17) is 0 Å². The molecule has 0 aliphatic rings. The van der Waals surface area contributed by atoms with Gasteiger partial charge >= 0.3 is 12.0 Å². The number of nitrogens with one attached hydrogen (secondary N) is 1. The van der Waals surface area contributed by atoms with E-state index in [9.17, 15) is 14.7 Å². The molecule has 0 aromatic heterocycles. The fourth-order valence-corrected chi connectivity index (χ4v) is 2.28. The van der Waals surface area contributed by atoms with E-state index in [1.54, 1.807) is 6.92 Å². The van der Waals surface area contributed by atoms with Crippen LogP contribution in [0.3, 0.4) is 0 Å². The van der Waals surface area contributed by atoms with Crippen LogP contribution in [0, 0.1) is 6.92 Å². The van der Waals surface area contributed by atoms with Gasteiger partial charge in [-0.3, -0.25) is 0 Å². The summed E-state index contributed by atoms with van der Waals surface area (Å²) in [6, 6.07) is 5.44. The molecular formula is C16H24N2O3. The van der Waals surface area contributed by atoms with Crippen molar-refractivity contribution in [3.8, 4) is 0 Å². The van der Waals surface area contributed by atoms with Gasteiger partial charge in [0.05, 0.1) is 0 Å². The molecule has 0 aliphatic heterocycles. The fourth-order valence-electron chi connectivity index (χ4n) is 2.28. The zero-order valence-corrected chi connectivity index (χ0v) is 13.4. The molecule has 0 fully saturated rings. The summed E-state index contributed by atoms with van der Waals surface area (Å²) >= 11 is 0. The molecule has 1 rings (SSSR count). The molecule has 0 heterocycles. The number of carboxylic acid groups (broad SMARTS) is 1. The second-order valence-electron chi connectivity index (χ2n) is 5.50. The Morgan fingerprint density at radius 1 is 1.29 bits per heavy atom. The first-order valence-corrected chi connectivity index (χ1v) is 7.16. The Morgan fingerprint density at radius 2 is 1.90 bits per heavy atom. The molecule has 116 valence electrons. The van der Waals surface area contributed by atoms with Crippen LogP contribution in [0.5, 0.6) is 0 Å². The minimum Gasteiger partial charge on any atom is -0.480 e. The molecule has 1 aromatic carbocycles. The second-order valence-corrected chi connectivity index (χ2v) is 5.50. The van der Waals surface area contributed by atoms with Crippen molar-refractivity contribution in [1.29, 1.82) is 0 Å². The number of hydrogen-bond donors (Lipinski definition) is 2. The number of nitrogens with zero attached hydrogens (tertiary/aromatic N) is 1. The van der Waals surface area contributed by atoms with Gasteiger partial charge in [-0.2, -0.15) is 0 Å². The molecule has 1 aromatic rings. The van der Waals surface area contributed by atoms with E-state index < -0.39 is 17.5 Å². The van der Waals surface area contributed by atoms with E-state index in [1.807, 2.05) is 32.0 Å². The van der Waals surface area contributed by atoms with Crippen molar-refractivity contribution >= 4 is 17.7 Å². The Morgan fingerprint density at radius 3 is 2.38 bits per heavy atom. The number of aliphatic carboxylic acids is 1. The minimum atomic E-state index is -1.26. The maximum Gasteiger partial charge on any atom is 0.329 e. The number of rotatable bonds is 5. The molecule has 2 amide bonds. The van der Waals surface area contributed by atoms with Crippen molar-refractivity contribution in [2.75, 3.05) is 11.9 Å². The minimum absolute atomic E-state index is 0.318. The third-order valence-electron chi connectivity index (χ3n) is 3.73. The summed E-state index contributed by atoms with van der Waals surface area (Å²) in [4.78, 5) is 25.1. The van der Waals surface area contributed by atoms with Crippen LogP contribution >= 0.6 is 0 Å². The summed E-state index contributed by atoms with van der Waals surface area (Å²) in [7, 11) is 0. The van der Waals surface area contributed by atoms with Crippen molar-refractivity contribution in [1.82, 2.24) is 4.90 Å². The molecule has 5 nitrogen and oxygen atoms in total. The number of benzene rings is 1. The summed E-state index contributed by atoms with van der Waals surface area (Å²) in [6.45, 7) is 9.08. The van der Waals surface area contributed by atoms with E-state index in [-0.39, 0.29) is 0 Å². The zero-order chi connectivity index (χ0) is 16.2. The van der Waals surface area contributed by atoms with Gasteiger partial charge in [-0.25, -0.2) is 9.59 Å². The molecule has 0 saturated carbocycles. The van der Waals surface area contributed by atoms with Gasteiger partial charge in [0.2, 0.25) is 0 Å². The summed E-state index contributed by atoms with van der Waals surface area (Å²) in [5.74, 6) is -1.03.